The fourth-order valence-electron chi connectivity index (χ4n) is 2.57. The summed E-state index contributed by atoms with van der Waals surface area (Å²) in [4.78, 5) is 0. The first-order valence-corrected chi connectivity index (χ1v) is 5.28. The molecule has 0 unspecified atom stereocenters. The molecule has 0 aliphatic carbocycles. The summed E-state index contributed by atoms with van der Waals surface area (Å²) in [6.45, 7) is 0. The number of fused-ring (bicyclic) bond motifs is 6. The van der Waals surface area contributed by atoms with E-state index in [4.69, 9.17) is 4.74 Å². The van der Waals surface area contributed by atoms with E-state index in [-0.39, 0.29) is 12.2 Å². The third-order valence-corrected chi connectivity index (χ3v) is 3.32. The minimum atomic E-state index is 0.203. The molecule has 0 saturated carbocycles. The van der Waals surface area contributed by atoms with Gasteiger partial charge in [-0.05, 0) is 34.0 Å². The van der Waals surface area contributed by atoms with Crippen molar-refractivity contribution >= 4 is 10.8 Å². The molecule has 2 bridgehead atoms. The van der Waals surface area contributed by atoms with Crippen molar-refractivity contribution in [2.45, 2.75) is 12.2 Å². The molecule has 0 aromatic heterocycles. The highest BCUT2D eigenvalue weighted by molar-refractivity contribution is 5.85. The fraction of sp³-hybridized carbons (Fsp3) is 0.143. The van der Waals surface area contributed by atoms with Crippen LogP contribution in [0.1, 0.15) is 23.3 Å². The SMILES string of the molecule is C1=C[C@H]2O[C@H]1c1cc3ccccc3cc12. The van der Waals surface area contributed by atoms with Gasteiger partial charge >= 0.3 is 0 Å². The molecule has 0 radical (unpaired) electrons. The van der Waals surface area contributed by atoms with Crippen molar-refractivity contribution in [2.24, 2.45) is 0 Å². The van der Waals surface area contributed by atoms with Crippen molar-refractivity contribution in [3.05, 3.63) is 59.7 Å². The third kappa shape index (κ3) is 0.910. The maximum absolute atomic E-state index is 5.80. The number of benzene rings is 2. The summed E-state index contributed by atoms with van der Waals surface area (Å²) >= 11 is 0. The van der Waals surface area contributed by atoms with Gasteiger partial charge in [0.05, 0.1) is 0 Å². The van der Waals surface area contributed by atoms with E-state index in [9.17, 15) is 0 Å². The van der Waals surface area contributed by atoms with E-state index in [1.807, 2.05) is 0 Å². The molecule has 0 saturated heterocycles. The van der Waals surface area contributed by atoms with Gasteiger partial charge in [-0.25, -0.2) is 0 Å². The topological polar surface area (TPSA) is 9.23 Å². The van der Waals surface area contributed by atoms with Crippen LogP contribution in [0.15, 0.2) is 48.6 Å². The zero-order valence-electron chi connectivity index (χ0n) is 8.18. The fourth-order valence-corrected chi connectivity index (χ4v) is 2.57. The highest BCUT2D eigenvalue weighted by Crippen LogP contribution is 2.46. The van der Waals surface area contributed by atoms with Crippen molar-refractivity contribution in [1.82, 2.24) is 0 Å². The van der Waals surface area contributed by atoms with Crippen LogP contribution < -0.4 is 0 Å². The molecule has 0 spiro atoms. The predicted molar refractivity (Wildman–Crippen MR) is 59.7 cm³/mol. The average molecular weight is 194 g/mol. The van der Waals surface area contributed by atoms with Crippen LogP contribution in [0.4, 0.5) is 0 Å². The van der Waals surface area contributed by atoms with Gasteiger partial charge in [0.2, 0.25) is 0 Å². The lowest BCUT2D eigenvalue weighted by Gasteiger charge is -2.08. The van der Waals surface area contributed by atoms with Crippen molar-refractivity contribution in [1.29, 1.82) is 0 Å². The molecule has 0 N–H and O–H groups in total. The molecule has 2 aliphatic rings. The summed E-state index contributed by atoms with van der Waals surface area (Å²) in [7, 11) is 0. The Morgan fingerprint density at radius 1 is 0.800 bits per heavy atom. The summed E-state index contributed by atoms with van der Waals surface area (Å²) in [5.74, 6) is 0. The van der Waals surface area contributed by atoms with E-state index in [1.54, 1.807) is 0 Å². The van der Waals surface area contributed by atoms with Gasteiger partial charge < -0.3 is 4.74 Å². The van der Waals surface area contributed by atoms with E-state index >= 15 is 0 Å². The molecule has 15 heavy (non-hydrogen) atoms. The third-order valence-electron chi connectivity index (χ3n) is 3.32. The Labute approximate surface area is 88.0 Å². The van der Waals surface area contributed by atoms with Crippen LogP contribution in [0.25, 0.3) is 10.8 Å². The average Bonchev–Trinajstić information content (AvgIpc) is 2.87. The van der Waals surface area contributed by atoms with Crippen LogP contribution in [0, 0.1) is 0 Å². The molecule has 2 heterocycles. The zero-order valence-corrected chi connectivity index (χ0v) is 8.18. The number of ether oxygens (including phenoxy) is 1. The quantitative estimate of drug-likeness (QED) is 0.583. The Hall–Kier alpha value is -1.60. The van der Waals surface area contributed by atoms with Gasteiger partial charge in [-0.1, -0.05) is 36.4 Å². The first-order chi connectivity index (χ1) is 7.42. The van der Waals surface area contributed by atoms with E-state index in [0.717, 1.165) is 0 Å². The summed E-state index contributed by atoms with van der Waals surface area (Å²) in [5, 5.41) is 2.61. The Morgan fingerprint density at radius 3 is 1.87 bits per heavy atom. The van der Waals surface area contributed by atoms with E-state index in [1.165, 1.54) is 21.9 Å². The minimum absolute atomic E-state index is 0.203. The Morgan fingerprint density at radius 2 is 1.33 bits per heavy atom. The summed E-state index contributed by atoms with van der Waals surface area (Å²) in [6.07, 6.45) is 4.72. The molecule has 2 aliphatic heterocycles. The maximum atomic E-state index is 5.80. The first kappa shape index (κ1) is 7.66. The summed E-state index contributed by atoms with van der Waals surface area (Å²) in [5.41, 5.74) is 2.70. The summed E-state index contributed by atoms with van der Waals surface area (Å²) in [6, 6.07) is 13.0. The van der Waals surface area contributed by atoms with Gasteiger partial charge in [-0.15, -0.1) is 0 Å². The van der Waals surface area contributed by atoms with Crippen LogP contribution in [0.2, 0.25) is 0 Å². The van der Waals surface area contributed by atoms with Crippen LogP contribution in [-0.4, -0.2) is 0 Å². The lowest BCUT2D eigenvalue weighted by atomic mass is 9.93. The number of hydrogen-bond acceptors (Lipinski definition) is 1. The van der Waals surface area contributed by atoms with Crippen molar-refractivity contribution in [2.75, 3.05) is 0 Å². The van der Waals surface area contributed by atoms with E-state index in [0.29, 0.717) is 0 Å². The Kier molecular flexibility index (Phi) is 1.28. The number of rotatable bonds is 0. The van der Waals surface area contributed by atoms with Gasteiger partial charge in [0.15, 0.2) is 0 Å². The lowest BCUT2D eigenvalue weighted by molar-refractivity contribution is 0.0879. The van der Waals surface area contributed by atoms with Crippen molar-refractivity contribution < 1.29 is 4.74 Å². The van der Waals surface area contributed by atoms with Crippen molar-refractivity contribution in [3.8, 4) is 0 Å². The largest absolute Gasteiger partial charge is 0.357 e. The molecular formula is C14H10O. The monoisotopic (exact) mass is 194 g/mol. The normalized spacial score (nSPS) is 26.1. The molecule has 72 valence electrons. The molecule has 0 amide bonds. The summed E-state index contributed by atoms with van der Waals surface area (Å²) < 4.78 is 5.80. The van der Waals surface area contributed by atoms with E-state index in [2.05, 4.69) is 48.6 Å². The van der Waals surface area contributed by atoms with Gasteiger partial charge in [-0.3, -0.25) is 0 Å². The Balaban J connectivity index is 2.09. The Bertz CT molecular complexity index is 532. The smallest absolute Gasteiger partial charge is 0.102 e. The maximum Gasteiger partial charge on any atom is 0.102 e. The van der Waals surface area contributed by atoms with Crippen LogP contribution in [0.5, 0.6) is 0 Å². The van der Waals surface area contributed by atoms with Crippen LogP contribution in [-0.2, 0) is 4.74 Å². The van der Waals surface area contributed by atoms with Gasteiger partial charge in [0.1, 0.15) is 12.2 Å². The van der Waals surface area contributed by atoms with Crippen LogP contribution >= 0.6 is 0 Å². The van der Waals surface area contributed by atoms with Gasteiger partial charge in [0, 0.05) is 0 Å². The minimum Gasteiger partial charge on any atom is -0.357 e. The lowest BCUT2D eigenvalue weighted by Crippen LogP contribution is -1.92. The van der Waals surface area contributed by atoms with Crippen LogP contribution in [0.3, 0.4) is 0 Å². The molecule has 2 atom stereocenters. The molecule has 0 fully saturated rings. The second-order valence-electron chi connectivity index (χ2n) is 4.19. The molecule has 2 aromatic rings. The first-order valence-electron chi connectivity index (χ1n) is 5.28. The molecule has 1 heteroatoms. The predicted octanol–water partition coefficient (Wildman–Crippen LogP) is 3.52. The van der Waals surface area contributed by atoms with Crippen molar-refractivity contribution in [3.63, 3.8) is 0 Å². The molecule has 4 rings (SSSR count). The zero-order chi connectivity index (χ0) is 9.83. The van der Waals surface area contributed by atoms with E-state index < -0.39 is 0 Å². The highest BCUT2D eigenvalue weighted by atomic mass is 16.5. The number of hydrogen-bond donors (Lipinski definition) is 0. The molecule has 2 aromatic carbocycles. The second-order valence-corrected chi connectivity index (χ2v) is 4.19. The standard InChI is InChI=1S/C14H10O/c1-2-4-10-8-12-11(7-9(10)3-1)13-5-6-14(12)15-13/h1-8,13-14H/t13-,14-/m1/s1. The van der Waals surface area contributed by atoms with Gasteiger partial charge in [0.25, 0.3) is 0 Å². The molecular weight excluding hydrogens is 184 g/mol. The molecule has 1 nitrogen and oxygen atoms in total. The second kappa shape index (κ2) is 2.50. The van der Waals surface area contributed by atoms with Gasteiger partial charge in [-0.2, -0.15) is 0 Å². The highest BCUT2D eigenvalue weighted by Gasteiger charge is 2.33.